The molecule has 0 unspecified atom stereocenters. The summed E-state index contributed by atoms with van der Waals surface area (Å²) in [5.74, 6) is -1.73. The lowest BCUT2D eigenvalue weighted by molar-refractivity contribution is 0.0479. The number of urea groups is 1. The molecule has 1 aromatic carbocycles. The summed E-state index contributed by atoms with van der Waals surface area (Å²) >= 11 is 0. The summed E-state index contributed by atoms with van der Waals surface area (Å²) < 4.78 is 30.9. The van der Waals surface area contributed by atoms with Crippen molar-refractivity contribution in [1.82, 2.24) is 10.2 Å². The van der Waals surface area contributed by atoms with Crippen molar-refractivity contribution in [2.24, 2.45) is 0 Å². The predicted molar refractivity (Wildman–Crippen MR) is 78.8 cm³/mol. The fraction of sp³-hybridized carbons (Fsp3) is 0.533. The molecule has 5 nitrogen and oxygen atoms in total. The molecule has 0 radical (unpaired) electrons. The van der Waals surface area contributed by atoms with E-state index >= 15 is 0 Å². The highest BCUT2D eigenvalue weighted by atomic mass is 19.2. The maximum Gasteiger partial charge on any atom is 0.317 e. The van der Waals surface area contributed by atoms with E-state index in [1.807, 2.05) is 6.92 Å². The van der Waals surface area contributed by atoms with Crippen molar-refractivity contribution in [2.75, 3.05) is 26.2 Å². The number of likely N-dealkylation sites (N-methyl/N-ethyl adjacent to an activating group) is 1. The van der Waals surface area contributed by atoms with Crippen LogP contribution in [0.2, 0.25) is 0 Å². The molecule has 0 saturated heterocycles. The van der Waals surface area contributed by atoms with Gasteiger partial charge in [0.2, 0.25) is 0 Å². The number of halogens is 2. The lowest BCUT2D eigenvalue weighted by atomic mass is 10.1. The lowest BCUT2D eigenvalue weighted by Gasteiger charge is -2.28. The topological polar surface area (TPSA) is 61.8 Å². The highest BCUT2D eigenvalue weighted by Gasteiger charge is 2.20. The van der Waals surface area contributed by atoms with Gasteiger partial charge < -0.3 is 20.1 Å². The van der Waals surface area contributed by atoms with Crippen LogP contribution >= 0.6 is 0 Å². The van der Waals surface area contributed by atoms with Crippen LogP contribution in [-0.4, -0.2) is 47.9 Å². The largest absolute Gasteiger partial charge is 0.492 e. The second-order valence-corrected chi connectivity index (χ2v) is 5.48. The summed E-state index contributed by atoms with van der Waals surface area (Å²) in [6.45, 7) is 6.05. The average molecular weight is 316 g/mol. The third-order valence-corrected chi connectivity index (χ3v) is 2.78. The maximum absolute atomic E-state index is 13.0. The maximum atomic E-state index is 13.0. The summed E-state index contributed by atoms with van der Waals surface area (Å²) in [6, 6.07) is 2.92. The van der Waals surface area contributed by atoms with Gasteiger partial charge in [0.05, 0.1) is 18.7 Å². The van der Waals surface area contributed by atoms with Gasteiger partial charge >= 0.3 is 6.03 Å². The number of ether oxygens (including phenoxy) is 1. The molecular weight excluding hydrogens is 294 g/mol. The summed E-state index contributed by atoms with van der Waals surface area (Å²) in [5, 5.41) is 12.4. The molecule has 1 aromatic rings. The zero-order valence-electron chi connectivity index (χ0n) is 13.0. The van der Waals surface area contributed by atoms with Crippen molar-refractivity contribution in [3.8, 4) is 5.75 Å². The van der Waals surface area contributed by atoms with Gasteiger partial charge in [-0.25, -0.2) is 13.6 Å². The summed E-state index contributed by atoms with van der Waals surface area (Å²) in [6.07, 6.45) is 0. The number of hydrogen-bond donors (Lipinski definition) is 2. The molecule has 0 aliphatic heterocycles. The third-order valence-electron chi connectivity index (χ3n) is 2.78. The smallest absolute Gasteiger partial charge is 0.317 e. The Morgan fingerprint density at radius 2 is 2.05 bits per heavy atom. The van der Waals surface area contributed by atoms with E-state index in [2.05, 4.69) is 5.32 Å². The Hall–Kier alpha value is -1.89. The van der Waals surface area contributed by atoms with Gasteiger partial charge in [0, 0.05) is 12.6 Å². The first kappa shape index (κ1) is 18.2. The van der Waals surface area contributed by atoms with Crippen molar-refractivity contribution in [1.29, 1.82) is 0 Å². The molecular formula is C15H22F2N2O3. The quantitative estimate of drug-likeness (QED) is 0.758. The summed E-state index contributed by atoms with van der Waals surface area (Å²) in [7, 11) is 0. The minimum absolute atomic E-state index is 0.122. The molecule has 0 atom stereocenters. The van der Waals surface area contributed by atoms with Gasteiger partial charge in [0.1, 0.15) is 12.4 Å². The number of amides is 2. The standard InChI is InChI=1S/C15H22F2N2O3/c1-4-19(10-15(2,3)21)14(20)18-7-8-22-11-5-6-12(16)13(17)9-11/h5-6,9,21H,4,7-8,10H2,1-3H3,(H,18,20). The van der Waals surface area contributed by atoms with Crippen molar-refractivity contribution >= 4 is 6.03 Å². The van der Waals surface area contributed by atoms with E-state index in [1.54, 1.807) is 13.8 Å². The second kappa shape index (κ2) is 7.93. The molecule has 0 heterocycles. The Labute approximate surface area is 128 Å². The van der Waals surface area contributed by atoms with Gasteiger partial charge in [0.15, 0.2) is 11.6 Å². The monoisotopic (exact) mass is 316 g/mol. The van der Waals surface area contributed by atoms with Gasteiger partial charge in [-0.3, -0.25) is 0 Å². The van der Waals surface area contributed by atoms with E-state index in [1.165, 1.54) is 11.0 Å². The fourth-order valence-electron chi connectivity index (χ4n) is 1.80. The molecule has 0 bridgehead atoms. The number of rotatable bonds is 7. The second-order valence-electron chi connectivity index (χ2n) is 5.48. The van der Waals surface area contributed by atoms with Crippen LogP contribution in [0.1, 0.15) is 20.8 Å². The highest BCUT2D eigenvalue weighted by molar-refractivity contribution is 5.74. The normalized spacial score (nSPS) is 11.2. The first-order valence-corrected chi connectivity index (χ1v) is 7.06. The SMILES string of the molecule is CCN(CC(C)(C)O)C(=O)NCCOc1ccc(F)c(F)c1. The predicted octanol–water partition coefficient (Wildman–Crippen LogP) is 2.15. The first-order valence-electron chi connectivity index (χ1n) is 7.06. The molecule has 0 aromatic heterocycles. The Morgan fingerprint density at radius 3 is 2.59 bits per heavy atom. The number of aliphatic hydroxyl groups is 1. The van der Waals surface area contributed by atoms with E-state index in [9.17, 15) is 18.7 Å². The number of carbonyl (C=O) groups is 1. The molecule has 0 saturated carbocycles. The van der Waals surface area contributed by atoms with Gasteiger partial charge in [0.25, 0.3) is 0 Å². The Kier molecular flexibility index (Phi) is 6.55. The van der Waals surface area contributed by atoms with Crippen LogP contribution in [0, 0.1) is 11.6 Å². The molecule has 0 aliphatic carbocycles. The van der Waals surface area contributed by atoms with Crippen LogP contribution in [0.4, 0.5) is 13.6 Å². The number of hydrogen-bond acceptors (Lipinski definition) is 3. The van der Waals surface area contributed by atoms with E-state index in [0.717, 1.165) is 12.1 Å². The minimum Gasteiger partial charge on any atom is -0.492 e. The molecule has 2 N–H and O–H groups in total. The molecule has 0 spiro atoms. The van der Waals surface area contributed by atoms with Gasteiger partial charge in [-0.15, -0.1) is 0 Å². The molecule has 22 heavy (non-hydrogen) atoms. The molecule has 0 fully saturated rings. The number of nitrogens with one attached hydrogen (secondary N) is 1. The molecule has 2 amide bonds. The van der Waals surface area contributed by atoms with Crippen LogP contribution in [0.5, 0.6) is 5.75 Å². The van der Waals surface area contributed by atoms with Crippen LogP contribution < -0.4 is 10.1 Å². The highest BCUT2D eigenvalue weighted by Crippen LogP contribution is 2.15. The number of benzene rings is 1. The average Bonchev–Trinajstić information content (AvgIpc) is 2.43. The zero-order valence-corrected chi connectivity index (χ0v) is 13.0. The molecule has 124 valence electrons. The van der Waals surface area contributed by atoms with Crippen LogP contribution in [0.25, 0.3) is 0 Å². The lowest BCUT2D eigenvalue weighted by Crippen LogP contribution is -2.47. The van der Waals surface area contributed by atoms with Gasteiger partial charge in [-0.2, -0.15) is 0 Å². The van der Waals surface area contributed by atoms with Crippen molar-refractivity contribution in [3.05, 3.63) is 29.8 Å². The molecule has 1 rings (SSSR count). The first-order chi connectivity index (χ1) is 10.2. The van der Waals surface area contributed by atoms with Gasteiger partial charge in [-0.05, 0) is 32.9 Å². The van der Waals surface area contributed by atoms with Crippen LogP contribution in [-0.2, 0) is 0 Å². The Morgan fingerprint density at radius 1 is 1.36 bits per heavy atom. The molecule has 7 heteroatoms. The fourth-order valence-corrected chi connectivity index (χ4v) is 1.80. The van der Waals surface area contributed by atoms with Crippen molar-refractivity contribution < 1.29 is 23.4 Å². The Bertz CT molecular complexity index is 504. The van der Waals surface area contributed by atoms with Crippen molar-refractivity contribution in [2.45, 2.75) is 26.4 Å². The molecule has 0 aliphatic rings. The Balaban J connectivity index is 2.36. The van der Waals surface area contributed by atoms with E-state index < -0.39 is 17.2 Å². The van der Waals surface area contributed by atoms with E-state index in [4.69, 9.17) is 4.74 Å². The minimum atomic E-state index is -0.983. The zero-order chi connectivity index (χ0) is 16.8. The van der Waals surface area contributed by atoms with E-state index in [-0.39, 0.29) is 31.5 Å². The van der Waals surface area contributed by atoms with Gasteiger partial charge in [-0.1, -0.05) is 0 Å². The van der Waals surface area contributed by atoms with Crippen LogP contribution in [0.3, 0.4) is 0 Å². The van der Waals surface area contributed by atoms with Crippen molar-refractivity contribution in [3.63, 3.8) is 0 Å². The number of carbonyl (C=O) groups excluding carboxylic acids is 1. The van der Waals surface area contributed by atoms with Crippen LogP contribution in [0.15, 0.2) is 18.2 Å². The van der Waals surface area contributed by atoms with E-state index in [0.29, 0.717) is 6.54 Å². The number of nitrogens with zero attached hydrogens (tertiary/aromatic N) is 1. The third kappa shape index (κ3) is 6.26. The summed E-state index contributed by atoms with van der Waals surface area (Å²) in [4.78, 5) is 13.4. The summed E-state index contributed by atoms with van der Waals surface area (Å²) in [5.41, 5.74) is -0.977.